The summed E-state index contributed by atoms with van der Waals surface area (Å²) in [5.74, 6) is 1.81. The SMILES string of the molecule is CCC(C)c1ccc(OCC(=O)N/N=C/c2ccc(-c3ccc(Cl)cc3Cl)o2)cc1. The molecular formula is C23H22Cl2N2O3. The molecule has 0 aliphatic heterocycles. The molecule has 30 heavy (non-hydrogen) atoms. The molecule has 0 saturated heterocycles. The van der Waals surface area contributed by atoms with Crippen LogP contribution in [-0.2, 0) is 4.79 Å². The van der Waals surface area contributed by atoms with Crippen molar-refractivity contribution in [3.63, 3.8) is 0 Å². The van der Waals surface area contributed by atoms with E-state index in [0.29, 0.717) is 33.2 Å². The zero-order valence-corrected chi connectivity index (χ0v) is 18.2. The van der Waals surface area contributed by atoms with E-state index in [1.807, 2.05) is 24.3 Å². The van der Waals surface area contributed by atoms with Crippen molar-refractivity contribution in [2.24, 2.45) is 5.10 Å². The number of rotatable bonds is 8. The second-order valence-corrected chi connectivity index (χ2v) is 7.63. The van der Waals surface area contributed by atoms with Crippen LogP contribution in [0.3, 0.4) is 0 Å². The highest BCUT2D eigenvalue weighted by atomic mass is 35.5. The van der Waals surface area contributed by atoms with Crippen molar-refractivity contribution in [3.05, 3.63) is 76.0 Å². The Morgan fingerprint density at radius 2 is 1.93 bits per heavy atom. The van der Waals surface area contributed by atoms with E-state index in [1.54, 1.807) is 30.3 Å². The summed E-state index contributed by atoms with van der Waals surface area (Å²) >= 11 is 12.1. The van der Waals surface area contributed by atoms with Crippen molar-refractivity contribution in [2.45, 2.75) is 26.2 Å². The summed E-state index contributed by atoms with van der Waals surface area (Å²) in [6.07, 6.45) is 2.48. The van der Waals surface area contributed by atoms with Gasteiger partial charge in [0, 0.05) is 10.6 Å². The van der Waals surface area contributed by atoms with E-state index in [9.17, 15) is 4.79 Å². The predicted molar refractivity (Wildman–Crippen MR) is 121 cm³/mol. The van der Waals surface area contributed by atoms with E-state index < -0.39 is 0 Å². The lowest BCUT2D eigenvalue weighted by molar-refractivity contribution is -0.123. The van der Waals surface area contributed by atoms with Crippen LogP contribution in [0.25, 0.3) is 11.3 Å². The number of benzene rings is 2. The summed E-state index contributed by atoms with van der Waals surface area (Å²) in [7, 11) is 0. The standard InChI is InChI=1S/C23H22Cl2N2O3/c1-3-15(2)16-4-7-18(8-5-16)29-14-23(28)27-26-13-19-9-11-22(30-19)20-10-6-17(24)12-21(20)25/h4-13,15H,3,14H2,1-2H3,(H,27,28)/b26-13+. The molecule has 0 fully saturated rings. The van der Waals surface area contributed by atoms with Crippen LogP contribution in [0, 0.1) is 0 Å². The first kappa shape index (κ1) is 21.9. The molecule has 156 valence electrons. The van der Waals surface area contributed by atoms with Gasteiger partial charge in [0.05, 0.1) is 11.2 Å². The lowest BCUT2D eigenvalue weighted by atomic mass is 9.99. The normalized spacial score (nSPS) is 12.1. The summed E-state index contributed by atoms with van der Waals surface area (Å²) in [6.45, 7) is 4.19. The third kappa shape index (κ3) is 5.88. The Balaban J connectivity index is 1.49. The first-order valence-electron chi connectivity index (χ1n) is 9.56. The molecule has 1 heterocycles. The number of carbonyl (C=O) groups is 1. The number of hydrogen-bond acceptors (Lipinski definition) is 4. The van der Waals surface area contributed by atoms with Gasteiger partial charge in [0.2, 0.25) is 0 Å². The zero-order valence-electron chi connectivity index (χ0n) is 16.7. The Morgan fingerprint density at radius 3 is 2.63 bits per heavy atom. The largest absolute Gasteiger partial charge is 0.484 e. The molecule has 0 aliphatic rings. The van der Waals surface area contributed by atoms with Crippen LogP contribution in [-0.4, -0.2) is 18.7 Å². The topological polar surface area (TPSA) is 63.8 Å². The van der Waals surface area contributed by atoms with Crippen LogP contribution >= 0.6 is 23.2 Å². The quantitative estimate of drug-likeness (QED) is 0.327. The van der Waals surface area contributed by atoms with E-state index in [2.05, 4.69) is 24.4 Å². The number of halogens is 2. The average Bonchev–Trinajstić information content (AvgIpc) is 3.20. The van der Waals surface area contributed by atoms with E-state index in [1.165, 1.54) is 11.8 Å². The maximum absolute atomic E-state index is 11.9. The van der Waals surface area contributed by atoms with E-state index in [0.717, 1.165) is 12.0 Å². The van der Waals surface area contributed by atoms with Gasteiger partial charge in [-0.05, 0) is 60.4 Å². The Bertz CT molecular complexity index is 1030. The van der Waals surface area contributed by atoms with Crippen LogP contribution in [0.5, 0.6) is 5.75 Å². The number of nitrogens with zero attached hydrogens (tertiary/aromatic N) is 1. The summed E-state index contributed by atoms with van der Waals surface area (Å²) < 4.78 is 11.2. The number of nitrogens with one attached hydrogen (secondary N) is 1. The molecule has 0 radical (unpaired) electrons. The smallest absolute Gasteiger partial charge is 0.277 e. The highest BCUT2D eigenvalue weighted by Gasteiger charge is 2.09. The Kier molecular flexibility index (Phi) is 7.55. The molecule has 1 atom stereocenters. The van der Waals surface area contributed by atoms with Gasteiger partial charge in [-0.1, -0.05) is 49.2 Å². The highest BCUT2D eigenvalue weighted by molar-refractivity contribution is 6.36. The fraction of sp³-hybridized carbons (Fsp3) is 0.217. The summed E-state index contributed by atoms with van der Waals surface area (Å²) in [4.78, 5) is 11.9. The highest BCUT2D eigenvalue weighted by Crippen LogP contribution is 2.31. The van der Waals surface area contributed by atoms with Gasteiger partial charge in [0.25, 0.3) is 5.91 Å². The summed E-state index contributed by atoms with van der Waals surface area (Å²) in [6, 6.07) is 16.4. The van der Waals surface area contributed by atoms with Crippen molar-refractivity contribution in [3.8, 4) is 17.1 Å². The van der Waals surface area contributed by atoms with Crippen molar-refractivity contribution < 1.29 is 13.9 Å². The van der Waals surface area contributed by atoms with Gasteiger partial charge in [-0.25, -0.2) is 5.43 Å². The number of ether oxygens (including phenoxy) is 1. The van der Waals surface area contributed by atoms with Crippen LogP contribution in [0.4, 0.5) is 0 Å². The van der Waals surface area contributed by atoms with Gasteiger partial charge < -0.3 is 9.15 Å². The lowest BCUT2D eigenvalue weighted by Gasteiger charge is -2.10. The van der Waals surface area contributed by atoms with Gasteiger partial charge in [0.1, 0.15) is 17.3 Å². The number of hydrazone groups is 1. The second-order valence-electron chi connectivity index (χ2n) is 6.79. The van der Waals surface area contributed by atoms with Gasteiger partial charge in [-0.2, -0.15) is 5.10 Å². The van der Waals surface area contributed by atoms with Crippen LogP contribution in [0.1, 0.15) is 37.5 Å². The summed E-state index contributed by atoms with van der Waals surface area (Å²) in [5.41, 5.74) is 4.38. The molecule has 0 spiro atoms. The number of amides is 1. The van der Waals surface area contributed by atoms with Gasteiger partial charge >= 0.3 is 0 Å². The molecule has 3 aromatic rings. The summed E-state index contributed by atoms with van der Waals surface area (Å²) in [5, 5.41) is 4.93. The van der Waals surface area contributed by atoms with Gasteiger partial charge in [-0.3, -0.25) is 4.79 Å². The number of hydrogen-bond donors (Lipinski definition) is 1. The molecule has 0 bridgehead atoms. The predicted octanol–water partition coefficient (Wildman–Crippen LogP) is 6.30. The Labute approximate surface area is 185 Å². The van der Waals surface area contributed by atoms with Crippen molar-refractivity contribution in [1.82, 2.24) is 5.43 Å². The first-order chi connectivity index (χ1) is 14.5. The third-order valence-electron chi connectivity index (χ3n) is 4.64. The third-order valence-corrected chi connectivity index (χ3v) is 5.18. The number of furan rings is 1. The molecule has 0 saturated carbocycles. The van der Waals surface area contributed by atoms with Gasteiger partial charge in [0.15, 0.2) is 6.61 Å². The number of carbonyl (C=O) groups excluding carboxylic acids is 1. The minimum Gasteiger partial charge on any atom is -0.484 e. The zero-order chi connectivity index (χ0) is 21.5. The molecule has 1 unspecified atom stereocenters. The fourth-order valence-electron chi connectivity index (χ4n) is 2.73. The molecule has 1 aromatic heterocycles. The van der Waals surface area contributed by atoms with Gasteiger partial charge in [-0.15, -0.1) is 0 Å². The van der Waals surface area contributed by atoms with Crippen molar-refractivity contribution >= 4 is 35.3 Å². The van der Waals surface area contributed by atoms with Crippen molar-refractivity contribution in [1.29, 1.82) is 0 Å². The maximum Gasteiger partial charge on any atom is 0.277 e. The molecule has 1 N–H and O–H groups in total. The molecular weight excluding hydrogens is 423 g/mol. The Hall–Kier alpha value is -2.76. The molecule has 3 rings (SSSR count). The molecule has 1 amide bonds. The van der Waals surface area contributed by atoms with Crippen LogP contribution in [0.15, 0.2) is 64.1 Å². The second kappa shape index (κ2) is 10.3. The maximum atomic E-state index is 11.9. The fourth-order valence-corrected chi connectivity index (χ4v) is 3.24. The van der Waals surface area contributed by atoms with Crippen LogP contribution in [0.2, 0.25) is 10.0 Å². The first-order valence-corrected chi connectivity index (χ1v) is 10.3. The van der Waals surface area contributed by atoms with Crippen molar-refractivity contribution in [2.75, 3.05) is 6.61 Å². The van der Waals surface area contributed by atoms with E-state index >= 15 is 0 Å². The average molecular weight is 445 g/mol. The lowest BCUT2D eigenvalue weighted by Crippen LogP contribution is -2.24. The molecule has 0 aliphatic carbocycles. The molecule has 7 heteroatoms. The monoisotopic (exact) mass is 444 g/mol. The molecule has 2 aromatic carbocycles. The minimum atomic E-state index is -0.371. The van der Waals surface area contributed by atoms with E-state index in [4.69, 9.17) is 32.4 Å². The molecule has 5 nitrogen and oxygen atoms in total. The van der Waals surface area contributed by atoms with E-state index in [-0.39, 0.29) is 12.5 Å². The Morgan fingerprint density at radius 1 is 1.17 bits per heavy atom. The minimum absolute atomic E-state index is 0.135. The van der Waals surface area contributed by atoms with Crippen LogP contribution < -0.4 is 10.2 Å².